The van der Waals surface area contributed by atoms with E-state index < -0.39 is 11.6 Å². The number of rotatable bonds is 5. The van der Waals surface area contributed by atoms with Crippen LogP contribution in [0, 0.1) is 11.3 Å². The number of aromatic amines is 1. The molecule has 1 fully saturated rings. The molecule has 1 amide bonds. The Balaban J connectivity index is 1.67. The van der Waals surface area contributed by atoms with Gasteiger partial charge in [0.05, 0.1) is 23.4 Å². The van der Waals surface area contributed by atoms with Crippen molar-refractivity contribution in [3.05, 3.63) is 35.2 Å². The third-order valence-electron chi connectivity index (χ3n) is 5.00. The average molecular weight is 426 g/mol. The third kappa shape index (κ3) is 4.04. The molecule has 4 heterocycles. The summed E-state index contributed by atoms with van der Waals surface area (Å²) in [6.07, 6.45) is 6.18. The van der Waals surface area contributed by atoms with Gasteiger partial charge in [-0.1, -0.05) is 11.6 Å². The summed E-state index contributed by atoms with van der Waals surface area (Å²) >= 11 is 6.08. The van der Waals surface area contributed by atoms with Crippen LogP contribution in [0.1, 0.15) is 18.4 Å². The third-order valence-corrected chi connectivity index (χ3v) is 5.20. The van der Waals surface area contributed by atoms with Crippen molar-refractivity contribution < 1.29 is 4.79 Å². The Morgan fingerprint density at radius 2 is 2.27 bits per heavy atom. The van der Waals surface area contributed by atoms with E-state index >= 15 is 0 Å². The van der Waals surface area contributed by atoms with Gasteiger partial charge in [-0.25, -0.2) is 15.0 Å². The number of aromatic nitrogens is 4. The van der Waals surface area contributed by atoms with Crippen molar-refractivity contribution in [2.45, 2.75) is 18.5 Å². The minimum absolute atomic E-state index is 0.129. The first-order valence-corrected chi connectivity index (χ1v) is 9.72. The van der Waals surface area contributed by atoms with Gasteiger partial charge in [-0.2, -0.15) is 5.26 Å². The van der Waals surface area contributed by atoms with Crippen molar-refractivity contribution in [1.29, 1.82) is 5.26 Å². The number of fused-ring (bicyclic) bond motifs is 1. The Morgan fingerprint density at radius 1 is 1.43 bits per heavy atom. The summed E-state index contributed by atoms with van der Waals surface area (Å²) in [7, 11) is 0. The number of amides is 1. The highest BCUT2D eigenvalue weighted by molar-refractivity contribution is 6.31. The smallest absolute Gasteiger partial charge is 0.231 e. The highest BCUT2D eigenvalue weighted by Gasteiger charge is 2.33. The van der Waals surface area contributed by atoms with Crippen LogP contribution in [0.2, 0.25) is 5.02 Å². The Hall–Kier alpha value is -3.26. The molecule has 6 N–H and O–H groups in total. The summed E-state index contributed by atoms with van der Waals surface area (Å²) < 4.78 is 0. The topological polar surface area (TPSA) is 163 Å². The summed E-state index contributed by atoms with van der Waals surface area (Å²) in [5.41, 5.74) is 12.6. The Kier molecular flexibility index (Phi) is 5.26. The molecule has 10 nitrogen and oxygen atoms in total. The van der Waals surface area contributed by atoms with Crippen LogP contribution in [0.5, 0.6) is 0 Å². The van der Waals surface area contributed by atoms with E-state index in [2.05, 4.69) is 31.3 Å². The van der Waals surface area contributed by atoms with E-state index in [1.807, 2.05) is 4.90 Å². The van der Waals surface area contributed by atoms with Crippen LogP contribution in [0.4, 0.5) is 5.82 Å². The lowest BCUT2D eigenvalue weighted by Gasteiger charge is -2.40. The van der Waals surface area contributed by atoms with E-state index in [4.69, 9.17) is 23.1 Å². The lowest BCUT2D eigenvalue weighted by Crippen LogP contribution is -2.60. The molecule has 1 aliphatic heterocycles. The molecule has 11 heteroatoms. The second kappa shape index (κ2) is 7.87. The number of nitrogens with zero attached hydrogens (tertiary/aromatic N) is 5. The quantitative estimate of drug-likeness (QED) is 0.443. The number of hydrogen-bond acceptors (Lipinski definition) is 8. The second-order valence-electron chi connectivity index (χ2n) is 7.38. The SMILES string of the molecule is N#Cc1cnc(-c2c[nH]c3ncc(Cl)cc23)nc1N[C@@]1(N)CCCN(CC(N)=O)C1. The zero-order valence-electron chi connectivity index (χ0n) is 16.0. The average Bonchev–Trinajstić information content (AvgIpc) is 3.10. The largest absolute Gasteiger partial charge is 0.369 e. The number of pyridine rings is 1. The Labute approximate surface area is 177 Å². The molecule has 0 spiro atoms. The van der Waals surface area contributed by atoms with Crippen molar-refractivity contribution in [2.24, 2.45) is 11.5 Å². The van der Waals surface area contributed by atoms with E-state index in [1.165, 1.54) is 6.20 Å². The standard InChI is InChI=1S/C19H20ClN9O/c20-12-4-13-14(8-26-17(13)25-7-12)18-24-6-11(5-21)16(27-18)28-19(23)2-1-3-29(10-19)9-15(22)30/h4,6-8H,1-3,9-10,23H2,(H2,22,30)(H,25,26)(H,24,27,28)/t19-/m0/s1. The van der Waals surface area contributed by atoms with Gasteiger partial charge in [0, 0.05) is 29.9 Å². The van der Waals surface area contributed by atoms with Crippen LogP contribution in [-0.4, -0.2) is 56.0 Å². The second-order valence-corrected chi connectivity index (χ2v) is 7.82. The number of nitrogens with two attached hydrogens (primary N) is 2. The Bertz CT molecular complexity index is 1150. The first-order valence-electron chi connectivity index (χ1n) is 9.35. The molecule has 30 heavy (non-hydrogen) atoms. The van der Waals surface area contributed by atoms with Gasteiger partial charge < -0.3 is 21.8 Å². The first-order chi connectivity index (χ1) is 14.4. The predicted molar refractivity (Wildman–Crippen MR) is 112 cm³/mol. The van der Waals surface area contributed by atoms with E-state index in [0.29, 0.717) is 40.8 Å². The van der Waals surface area contributed by atoms with Gasteiger partial charge in [-0.3, -0.25) is 9.69 Å². The lowest BCUT2D eigenvalue weighted by atomic mass is 9.98. The molecule has 0 aromatic carbocycles. The fourth-order valence-corrected chi connectivity index (χ4v) is 3.88. The number of hydrogen-bond donors (Lipinski definition) is 4. The van der Waals surface area contributed by atoms with Gasteiger partial charge >= 0.3 is 0 Å². The minimum Gasteiger partial charge on any atom is -0.369 e. The highest BCUT2D eigenvalue weighted by atomic mass is 35.5. The molecule has 3 aromatic heterocycles. The number of anilines is 1. The van der Waals surface area contributed by atoms with Crippen LogP contribution in [-0.2, 0) is 4.79 Å². The number of nitriles is 1. The zero-order valence-corrected chi connectivity index (χ0v) is 16.8. The number of carbonyl (C=O) groups excluding carboxylic acids is 1. The summed E-state index contributed by atoms with van der Waals surface area (Å²) in [5.74, 6) is 0.323. The minimum atomic E-state index is -0.865. The monoisotopic (exact) mass is 425 g/mol. The normalized spacial score (nSPS) is 19.5. The lowest BCUT2D eigenvalue weighted by molar-refractivity contribution is -0.119. The van der Waals surface area contributed by atoms with Crippen molar-refractivity contribution in [1.82, 2.24) is 24.8 Å². The molecular formula is C19H20ClN9O. The Morgan fingerprint density at radius 3 is 3.03 bits per heavy atom. The van der Waals surface area contributed by atoms with Crippen LogP contribution in [0.25, 0.3) is 22.4 Å². The van der Waals surface area contributed by atoms with Gasteiger partial charge in [-0.05, 0) is 25.5 Å². The van der Waals surface area contributed by atoms with Gasteiger partial charge in [0.15, 0.2) is 5.82 Å². The van der Waals surface area contributed by atoms with E-state index in [-0.39, 0.29) is 12.1 Å². The summed E-state index contributed by atoms with van der Waals surface area (Å²) in [4.78, 5) is 29.4. The van der Waals surface area contributed by atoms with Crippen LogP contribution >= 0.6 is 11.6 Å². The van der Waals surface area contributed by atoms with Crippen molar-refractivity contribution in [3.8, 4) is 17.5 Å². The molecule has 0 bridgehead atoms. The molecule has 0 aliphatic carbocycles. The fraction of sp³-hybridized carbons (Fsp3) is 0.316. The van der Waals surface area contributed by atoms with Crippen LogP contribution < -0.4 is 16.8 Å². The molecule has 0 saturated carbocycles. The van der Waals surface area contributed by atoms with Crippen LogP contribution in [0.15, 0.2) is 24.7 Å². The molecule has 1 atom stereocenters. The number of halogens is 1. The van der Waals surface area contributed by atoms with E-state index in [0.717, 1.165) is 18.4 Å². The molecule has 1 saturated heterocycles. The number of carbonyl (C=O) groups is 1. The van der Waals surface area contributed by atoms with Gasteiger partial charge in [0.25, 0.3) is 0 Å². The van der Waals surface area contributed by atoms with Crippen molar-refractivity contribution in [3.63, 3.8) is 0 Å². The summed E-state index contributed by atoms with van der Waals surface area (Å²) in [6.45, 7) is 1.25. The molecule has 1 aliphatic rings. The zero-order chi connectivity index (χ0) is 21.3. The number of piperidine rings is 1. The molecule has 4 rings (SSSR count). The molecule has 0 radical (unpaired) electrons. The molecule has 154 valence electrons. The maximum Gasteiger partial charge on any atom is 0.231 e. The number of primary amides is 1. The van der Waals surface area contributed by atoms with Gasteiger partial charge in [0.1, 0.15) is 23.1 Å². The number of likely N-dealkylation sites (tertiary alicyclic amines) is 1. The maximum absolute atomic E-state index is 11.3. The maximum atomic E-state index is 11.3. The first kappa shape index (κ1) is 20.0. The molecular weight excluding hydrogens is 406 g/mol. The van der Waals surface area contributed by atoms with Crippen molar-refractivity contribution >= 4 is 34.4 Å². The summed E-state index contributed by atoms with van der Waals surface area (Å²) in [5, 5.41) is 14.0. The predicted octanol–water partition coefficient (Wildman–Crippen LogP) is 1.19. The molecule has 0 unspecified atom stereocenters. The number of nitrogens with one attached hydrogen (secondary N) is 2. The van der Waals surface area contributed by atoms with Crippen molar-refractivity contribution in [2.75, 3.05) is 25.0 Å². The van der Waals surface area contributed by atoms with Gasteiger partial charge in [0.2, 0.25) is 5.91 Å². The van der Waals surface area contributed by atoms with Gasteiger partial charge in [-0.15, -0.1) is 0 Å². The van der Waals surface area contributed by atoms with E-state index in [1.54, 1.807) is 18.5 Å². The highest BCUT2D eigenvalue weighted by Crippen LogP contribution is 2.29. The summed E-state index contributed by atoms with van der Waals surface area (Å²) in [6, 6.07) is 3.87. The number of H-pyrrole nitrogens is 1. The van der Waals surface area contributed by atoms with E-state index in [9.17, 15) is 10.1 Å². The molecule has 3 aromatic rings. The fourth-order valence-electron chi connectivity index (χ4n) is 3.72. The van der Waals surface area contributed by atoms with Crippen LogP contribution in [0.3, 0.4) is 0 Å².